The summed E-state index contributed by atoms with van der Waals surface area (Å²) in [5.41, 5.74) is 5.75. The Hall–Kier alpha value is -2.99. The number of benzene rings is 2. The van der Waals surface area contributed by atoms with Gasteiger partial charge in [0.25, 0.3) is 0 Å². The van der Waals surface area contributed by atoms with Crippen LogP contribution >= 0.6 is 0 Å². The van der Waals surface area contributed by atoms with Gasteiger partial charge in [-0.2, -0.15) is 5.10 Å². The zero-order chi connectivity index (χ0) is 19.7. The van der Waals surface area contributed by atoms with Gasteiger partial charge in [-0.1, -0.05) is 48.0 Å². The maximum absolute atomic E-state index is 12.6. The fraction of sp³-hybridized carbons (Fsp3) is 0.182. The first-order valence-electron chi connectivity index (χ1n) is 9.09. The Bertz CT molecular complexity index is 1100. The van der Waals surface area contributed by atoms with Gasteiger partial charge in [0.1, 0.15) is 5.82 Å². The molecule has 4 rings (SSSR count). The number of anilines is 1. The summed E-state index contributed by atoms with van der Waals surface area (Å²) in [5.74, 6) is 1.21. The Kier molecular flexibility index (Phi) is 4.96. The molecule has 0 saturated heterocycles. The highest BCUT2D eigenvalue weighted by atomic mass is 32.2. The fourth-order valence-electron chi connectivity index (χ4n) is 3.37. The molecule has 1 N–H and O–H groups in total. The van der Waals surface area contributed by atoms with E-state index >= 15 is 0 Å². The molecule has 1 aliphatic rings. The highest BCUT2D eigenvalue weighted by Gasteiger charge is 2.28. The summed E-state index contributed by atoms with van der Waals surface area (Å²) in [6.07, 6.45) is 3.28. The molecule has 1 atom stereocenters. The second-order valence-electron chi connectivity index (χ2n) is 6.94. The number of aromatic nitrogens is 2. The van der Waals surface area contributed by atoms with Crippen molar-refractivity contribution in [1.29, 1.82) is 0 Å². The van der Waals surface area contributed by atoms with Crippen molar-refractivity contribution in [3.8, 4) is 5.69 Å². The van der Waals surface area contributed by atoms with Gasteiger partial charge in [-0.05, 0) is 37.1 Å². The molecule has 6 heteroatoms. The van der Waals surface area contributed by atoms with E-state index < -0.39 is 10.8 Å². The monoisotopic (exact) mass is 391 g/mol. The van der Waals surface area contributed by atoms with Crippen LogP contribution in [0.4, 0.5) is 5.82 Å². The number of amides is 1. The fourth-order valence-corrected chi connectivity index (χ4v) is 4.63. The Balaban J connectivity index is 1.68. The van der Waals surface area contributed by atoms with Gasteiger partial charge in [-0.15, -0.1) is 0 Å². The molecule has 28 heavy (non-hydrogen) atoms. The van der Waals surface area contributed by atoms with E-state index in [-0.39, 0.29) is 5.91 Å². The molecule has 0 fully saturated rings. The summed E-state index contributed by atoms with van der Waals surface area (Å²) in [7, 11) is -0.966. The topological polar surface area (TPSA) is 64.0 Å². The maximum atomic E-state index is 12.6. The lowest BCUT2D eigenvalue weighted by molar-refractivity contribution is -0.111. The average Bonchev–Trinajstić information content (AvgIpc) is 3.18. The van der Waals surface area contributed by atoms with E-state index in [0.29, 0.717) is 17.3 Å². The van der Waals surface area contributed by atoms with Gasteiger partial charge in [0, 0.05) is 22.4 Å². The van der Waals surface area contributed by atoms with Crippen LogP contribution in [0.25, 0.3) is 11.8 Å². The molecule has 0 unspecified atom stereocenters. The zero-order valence-corrected chi connectivity index (χ0v) is 16.6. The van der Waals surface area contributed by atoms with Crippen LogP contribution < -0.4 is 5.32 Å². The third kappa shape index (κ3) is 3.68. The van der Waals surface area contributed by atoms with Gasteiger partial charge in [-0.25, -0.2) is 4.68 Å². The third-order valence-corrected chi connectivity index (χ3v) is 5.92. The Morgan fingerprint density at radius 3 is 2.68 bits per heavy atom. The highest BCUT2D eigenvalue weighted by molar-refractivity contribution is 7.83. The summed E-state index contributed by atoms with van der Waals surface area (Å²) in [5, 5.41) is 7.62. The van der Waals surface area contributed by atoms with E-state index in [1.165, 1.54) is 11.6 Å². The first-order valence-corrected chi connectivity index (χ1v) is 10.6. The summed E-state index contributed by atoms with van der Waals surface area (Å²) < 4.78 is 13.8. The predicted octanol–water partition coefficient (Wildman–Crippen LogP) is 3.90. The molecule has 142 valence electrons. The number of hydrogen-bond donors (Lipinski definition) is 1. The highest BCUT2D eigenvalue weighted by Crippen LogP contribution is 2.32. The number of aryl methyl sites for hydroxylation is 2. The third-order valence-electron chi connectivity index (χ3n) is 4.72. The minimum atomic E-state index is -0.966. The number of nitrogens with one attached hydrogen (secondary N) is 1. The van der Waals surface area contributed by atoms with Crippen molar-refractivity contribution >= 4 is 28.6 Å². The molecule has 1 amide bonds. The Morgan fingerprint density at radius 1 is 1.14 bits per heavy atom. The Morgan fingerprint density at radius 2 is 1.93 bits per heavy atom. The van der Waals surface area contributed by atoms with Crippen LogP contribution in [0.5, 0.6) is 0 Å². The van der Waals surface area contributed by atoms with Gasteiger partial charge < -0.3 is 5.32 Å². The molecule has 0 aliphatic carbocycles. The minimum Gasteiger partial charge on any atom is -0.307 e. The molecule has 0 bridgehead atoms. The smallest absolute Gasteiger partial charge is 0.249 e. The van der Waals surface area contributed by atoms with E-state index in [4.69, 9.17) is 0 Å². The average molecular weight is 391 g/mol. The van der Waals surface area contributed by atoms with Crippen molar-refractivity contribution in [2.24, 2.45) is 0 Å². The number of rotatable bonds is 4. The van der Waals surface area contributed by atoms with Crippen molar-refractivity contribution in [2.75, 3.05) is 5.32 Å². The van der Waals surface area contributed by atoms with E-state index in [9.17, 15) is 9.00 Å². The second-order valence-corrected chi connectivity index (χ2v) is 8.39. The lowest BCUT2D eigenvalue weighted by Gasteiger charge is -2.12. The summed E-state index contributed by atoms with van der Waals surface area (Å²) in [6, 6.07) is 15.8. The van der Waals surface area contributed by atoms with Gasteiger partial charge >= 0.3 is 0 Å². The quantitative estimate of drug-likeness (QED) is 0.686. The van der Waals surface area contributed by atoms with Crippen molar-refractivity contribution in [3.05, 3.63) is 82.6 Å². The molecule has 0 saturated carbocycles. The van der Waals surface area contributed by atoms with Crippen molar-refractivity contribution in [1.82, 2.24) is 9.78 Å². The summed E-state index contributed by atoms with van der Waals surface area (Å²) in [6.45, 7) is 4.06. The molecule has 0 radical (unpaired) electrons. The summed E-state index contributed by atoms with van der Waals surface area (Å²) >= 11 is 0. The van der Waals surface area contributed by atoms with Gasteiger partial charge in [0.05, 0.1) is 22.9 Å². The molecule has 1 aromatic heterocycles. The normalized spacial score (nSPS) is 15.7. The number of carbonyl (C=O) groups is 1. The minimum absolute atomic E-state index is 0.241. The van der Waals surface area contributed by atoms with Gasteiger partial charge in [-0.3, -0.25) is 9.00 Å². The largest absolute Gasteiger partial charge is 0.307 e. The van der Waals surface area contributed by atoms with Crippen LogP contribution in [0.1, 0.15) is 27.9 Å². The van der Waals surface area contributed by atoms with Crippen LogP contribution in [0.3, 0.4) is 0 Å². The van der Waals surface area contributed by atoms with Crippen LogP contribution in [0.15, 0.2) is 54.6 Å². The SMILES string of the molecule is Cc1ccc(-n2nc3c(c2NC(=O)C=Cc2ccccc2)C[S@](=O)C3)c(C)c1. The molecular formula is C22H21N3O2S. The maximum Gasteiger partial charge on any atom is 0.249 e. The number of nitrogens with zero attached hydrogens (tertiary/aromatic N) is 2. The molecule has 2 aromatic carbocycles. The van der Waals surface area contributed by atoms with Crippen molar-refractivity contribution in [2.45, 2.75) is 25.4 Å². The molecular weight excluding hydrogens is 370 g/mol. The van der Waals surface area contributed by atoms with Crippen LogP contribution in [0.2, 0.25) is 0 Å². The molecule has 1 aliphatic heterocycles. The van der Waals surface area contributed by atoms with Crippen molar-refractivity contribution in [3.63, 3.8) is 0 Å². The number of hydrogen-bond acceptors (Lipinski definition) is 3. The van der Waals surface area contributed by atoms with E-state index in [1.54, 1.807) is 10.8 Å². The van der Waals surface area contributed by atoms with Crippen molar-refractivity contribution < 1.29 is 9.00 Å². The van der Waals surface area contributed by atoms with Gasteiger partial charge in [0.15, 0.2) is 0 Å². The Labute approximate surface area is 166 Å². The molecule has 0 spiro atoms. The van der Waals surface area contributed by atoms with Crippen LogP contribution in [0, 0.1) is 13.8 Å². The lowest BCUT2D eigenvalue weighted by Crippen LogP contribution is -2.14. The number of fused-ring (bicyclic) bond motifs is 1. The predicted molar refractivity (Wildman–Crippen MR) is 113 cm³/mol. The second kappa shape index (κ2) is 7.56. The van der Waals surface area contributed by atoms with E-state index in [2.05, 4.69) is 16.5 Å². The van der Waals surface area contributed by atoms with E-state index in [1.807, 2.05) is 56.3 Å². The van der Waals surface area contributed by atoms with Crippen LogP contribution in [-0.4, -0.2) is 19.9 Å². The lowest BCUT2D eigenvalue weighted by atomic mass is 10.1. The summed E-state index contributed by atoms with van der Waals surface area (Å²) in [4.78, 5) is 12.6. The first kappa shape index (κ1) is 18.4. The number of carbonyl (C=O) groups excluding carboxylic acids is 1. The first-order chi connectivity index (χ1) is 13.5. The van der Waals surface area contributed by atoms with E-state index in [0.717, 1.165) is 28.1 Å². The van der Waals surface area contributed by atoms with Crippen LogP contribution in [-0.2, 0) is 27.1 Å². The molecule has 2 heterocycles. The molecule has 3 aromatic rings. The molecule has 5 nitrogen and oxygen atoms in total. The zero-order valence-electron chi connectivity index (χ0n) is 15.8. The van der Waals surface area contributed by atoms with Gasteiger partial charge in [0.2, 0.25) is 5.91 Å². The standard InChI is InChI=1S/C22H21N3O2S/c1-15-8-10-20(16(2)12-15)25-22(18-13-28(27)14-19(18)24-25)23-21(26)11-9-17-6-4-3-5-7-17/h3-12H,13-14H2,1-2H3,(H,23,26)/t28-/m0/s1.